The van der Waals surface area contributed by atoms with E-state index in [4.69, 9.17) is 10.6 Å². The van der Waals surface area contributed by atoms with Gasteiger partial charge >= 0.3 is 0 Å². The Kier molecular flexibility index (Phi) is 5.40. The predicted molar refractivity (Wildman–Crippen MR) is 57.5 cm³/mol. The van der Waals surface area contributed by atoms with Crippen molar-refractivity contribution in [1.29, 1.82) is 0 Å². The Morgan fingerprint density at radius 1 is 1.29 bits per heavy atom. The van der Waals surface area contributed by atoms with Gasteiger partial charge in [0.2, 0.25) is 0 Å². The van der Waals surface area contributed by atoms with Gasteiger partial charge in [0.25, 0.3) is 0 Å². The van der Waals surface area contributed by atoms with Crippen molar-refractivity contribution in [3.63, 3.8) is 0 Å². The van der Waals surface area contributed by atoms with Crippen LogP contribution in [0.5, 0.6) is 0 Å². The molecule has 3 N–H and O–H groups in total. The predicted octanol–water partition coefficient (Wildman–Crippen LogP) is 2.03. The highest BCUT2D eigenvalue weighted by atomic mass is 19.2. The van der Waals surface area contributed by atoms with E-state index in [0.29, 0.717) is 19.4 Å². The molecule has 0 saturated heterocycles. The molecule has 0 amide bonds. The SMILES string of the molecule is COCCCC(NN)c1ccc(F)c(F)c1F. The number of nitrogens with two attached hydrogens (primary N) is 1. The van der Waals surface area contributed by atoms with Gasteiger partial charge in [-0.15, -0.1) is 0 Å². The van der Waals surface area contributed by atoms with E-state index in [1.165, 1.54) is 6.07 Å². The number of rotatable bonds is 6. The molecule has 0 spiro atoms. The molecule has 1 aromatic rings. The second-order valence-electron chi connectivity index (χ2n) is 3.62. The van der Waals surface area contributed by atoms with Crippen LogP contribution in [0, 0.1) is 17.5 Å². The van der Waals surface area contributed by atoms with E-state index < -0.39 is 23.5 Å². The van der Waals surface area contributed by atoms with Crippen LogP contribution in [0.4, 0.5) is 13.2 Å². The summed E-state index contributed by atoms with van der Waals surface area (Å²) in [4.78, 5) is 0. The van der Waals surface area contributed by atoms with E-state index in [1.54, 1.807) is 7.11 Å². The molecule has 0 aliphatic rings. The summed E-state index contributed by atoms with van der Waals surface area (Å²) in [7, 11) is 1.54. The third-order valence-electron chi connectivity index (χ3n) is 2.48. The van der Waals surface area contributed by atoms with Gasteiger partial charge < -0.3 is 4.74 Å². The maximum atomic E-state index is 13.5. The minimum Gasteiger partial charge on any atom is -0.385 e. The first-order chi connectivity index (χ1) is 8.11. The number of ether oxygens (including phenoxy) is 1. The van der Waals surface area contributed by atoms with E-state index in [1.807, 2.05) is 0 Å². The molecular formula is C11H15F3N2O. The maximum Gasteiger partial charge on any atom is 0.194 e. The average Bonchev–Trinajstić information content (AvgIpc) is 2.33. The Morgan fingerprint density at radius 3 is 2.59 bits per heavy atom. The molecule has 0 aliphatic heterocycles. The van der Waals surface area contributed by atoms with E-state index in [2.05, 4.69) is 5.43 Å². The van der Waals surface area contributed by atoms with Gasteiger partial charge in [-0.1, -0.05) is 6.07 Å². The Balaban J connectivity index is 2.85. The van der Waals surface area contributed by atoms with Crippen molar-refractivity contribution in [2.24, 2.45) is 5.84 Å². The lowest BCUT2D eigenvalue weighted by atomic mass is 10.0. The number of benzene rings is 1. The zero-order valence-corrected chi connectivity index (χ0v) is 9.47. The number of hydrogen-bond acceptors (Lipinski definition) is 3. The van der Waals surface area contributed by atoms with E-state index >= 15 is 0 Å². The Labute approximate surface area is 97.7 Å². The molecule has 0 aromatic heterocycles. The van der Waals surface area contributed by atoms with Crippen molar-refractivity contribution in [2.45, 2.75) is 18.9 Å². The molecule has 0 aliphatic carbocycles. The highest BCUT2D eigenvalue weighted by Crippen LogP contribution is 2.24. The van der Waals surface area contributed by atoms with Gasteiger partial charge in [-0.2, -0.15) is 0 Å². The van der Waals surface area contributed by atoms with Crippen molar-refractivity contribution >= 4 is 0 Å². The summed E-state index contributed by atoms with van der Waals surface area (Å²) in [5, 5.41) is 0. The molecule has 0 bridgehead atoms. The molecule has 96 valence electrons. The van der Waals surface area contributed by atoms with Crippen LogP contribution in [0.1, 0.15) is 24.4 Å². The van der Waals surface area contributed by atoms with Crippen LogP contribution >= 0.6 is 0 Å². The normalized spacial score (nSPS) is 12.8. The lowest BCUT2D eigenvalue weighted by molar-refractivity contribution is 0.188. The van der Waals surface area contributed by atoms with Crippen molar-refractivity contribution in [2.75, 3.05) is 13.7 Å². The van der Waals surface area contributed by atoms with Crippen molar-refractivity contribution in [3.05, 3.63) is 35.1 Å². The van der Waals surface area contributed by atoms with Gasteiger partial charge in [-0.3, -0.25) is 11.3 Å². The van der Waals surface area contributed by atoms with Crippen LogP contribution in [-0.4, -0.2) is 13.7 Å². The molecular weight excluding hydrogens is 233 g/mol. The zero-order valence-electron chi connectivity index (χ0n) is 9.47. The monoisotopic (exact) mass is 248 g/mol. The second kappa shape index (κ2) is 6.58. The summed E-state index contributed by atoms with van der Waals surface area (Å²) in [6, 6.07) is 1.50. The minimum absolute atomic E-state index is 0.0162. The third-order valence-corrected chi connectivity index (χ3v) is 2.48. The number of nitrogens with one attached hydrogen (secondary N) is 1. The first-order valence-electron chi connectivity index (χ1n) is 5.20. The molecule has 0 radical (unpaired) electrons. The molecule has 6 heteroatoms. The largest absolute Gasteiger partial charge is 0.385 e. The molecule has 0 heterocycles. The quantitative estimate of drug-likeness (QED) is 0.350. The van der Waals surface area contributed by atoms with Gasteiger partial charge in [0.05, 0.1) is 0 Å². The van der Waals surface area contributed by atoms with Gasteiger partial charge in [0.1, 0.15) is 0 Å². The maximum absolute atomic E-state index is 13.5. The van der Waals surface area contributed by atoms with Crippen LogP contribution < -0.4 is 11.3 Å². The summed E-state index contributed by atoms with van der Waals surface area (Å²) in [6.45, 7) is 0.490. The second-order valence-corrected chi connectivity index (χ2v) is 3.62. The average molecular weight is 248 g/mol. The van der Waals surface area contributed by atoms with Gasteiger partial charge in [-0.05, 0) is 18.9 Å². The molecule has 1 rings (SSSR count). The fraction of sp³-hybridized carbons (Fsp3) is 0.455. The fourth-order valence-electron chi connectivity index (χ4n) is 1.57. The Bertz CT molecular complexity index is 374. The first-order valence-corrected chi connectivity index (χ1v) is 5.20. The molecule has 1 unspecified atom stereocenters. The van der Waals surface area contributed by atoms with Crippen molar-refractivity contribution < 1.29 is 17.9 Å². The highest BCUT2D eigenvalue weighted by molar-refractivity contribution is 5.23. The summed E-state index contributed by atoms with van der Waals surface area (Å²) >= 11 is 0. The summed E-state index contributed by atoms with van der Waals surface area (Å²) < 4.78 is 44.1. The topological polar surface area (TPSA) is 47.3 Å². The van der Waals surface area contributed by atoms with Crippen molar-refractivity contribution in [1.82, 2.24) is 5.43 Å². The van der Waals surface area contributed by atoms with E-state index in [0.717, 1.165) is 6.07 Å². The van der Waals surface area contributed by atoms with Gasteiger partial charge in [0.15, 0.2) is 17.5 Å². The standard InChI is InChI=1S/C11H15F3N2O/c1-17-6-2-3-9(16-15)7-4-5-8(12)11(14)10(7)13/h4-5,9,16H,2-3,6,15H2,1H3. The van der Waals surface area contributed by atoms with Crippen LogP contribution in [0.15, 0.2) is 12.1 Å². The van der Waals surface area contributed by atoms with E-state index in [-0.39, 0.29) is 5.56 Å². The van der Waals surface area contributed by atoms with Crippen LogP contribution in [0.25, 0.3) is 0 Å². The van der Waals surface area contributed by atoms with E-state index in [9.17, 15) is 13.2 Å². The molecule has 1 atom stereocenters. The third kappa shape index (κ3) is 3.42. The minimum atomic E-state index is -1.48. The number of hydrazine groups is 1. The number of hydrogen-bond donors (Lipinski definition) is 2. The summed E-state index contributed by atoms with van der Waals surface area (Å²) in [6.07, 6.45) is 1.09. The lowest BCUT2D eigenvalue weighted by Gasteiger charge is -2.17. The first kappa shape index (κ1) is 14.0. The summed E-state index contributed by atoms with van der Waals surface area (Å²) in [5.74, 6) is 1.38. The molecule has 1 aromatic carbocycles. The number of methoxy groups -OCH3 is 1. The molecule has 0 saturated carbocycles. The molecule has 0 fully saturated rings. The smallest absolute Gasteiger partial charge is 0.194 e. The summed E-state index contributed by atoms with van der Waals surface area (Å²) in [5.41, 5.74) is 2.40. The van der Waals surface area contributed by atoms with Crippen LogP contribution in [0.3, 0.4) is 0 Å². The fourth-order valence-corrected chi connectivity index (χ4v) is 1.57. The highest BCUT2D eigenvalue weighted by Gasteiger charge is 2.19. The zero-order chi connectivity index (χ0) is 12.8. The Morgan fingerprint density at radius 2 is 2.00 bits per heavy atom. The van der Waals surface area contributed by atoms with Gasteiger partial charge in [0, 0.05) is 25.3 Å². The van der Waals surface area contributed by atoms with Crippen LogP contribution in [0.2, 0.25) is 0 Å². The molecule has 17 heavy (non-hydrogen) atoms. The van der Waals surface area contributed by atoms with Crippen molar-refractivity contribution in [3.8, 4) is 0 Å². The van der Waals surface area contributed by atoms with Crippen LogP contribution in [-0.2, 0) is 4.74 Å². The Hall–Kier alpha value is -1.11. The lowest BCUT2D eigenvalue weighted by Crippen LogP contribution is -2.29. The molecule has 3 nitrogen and oxygen atoms in total. The number of halogens is 3. The van der Waals surface area contributed by atoms with Gasteiger partial charge in [-0.25, -0.2) is 13.2 Å².